The van der Waals surface area contributed by atoms with E-state index in [1.54, 1.807) is 0 Å². The van der Waals surface area contributed by atoms with Crippen molar-refractivity contribution in [3.63, 3.8) is 0 Å². The second-order valence-corrected chi connectivity index (χ2v) is 3.21. The molecule has 1 rings (SSSR count). The third-order valence-electron chi connectivity index (χ3n) is 1.94. The predicted octanol–water partition coefficient (Wildman–Crippen LogP) is 2.20. The van der Waals surface area contributed by atoms with Crippen LogP contribution in [0.4, 0.5) is 0 Å². The minimum Gasteiger partial charge on any atom is -0.0778 e. The van der Waals surface area contributed by atoms with Crippen molar-refractivity contribution in [1.29, 1.82) is 0 Å². The van der Waals surface area contributed by atoms with E-state index in [-0.39, 0.29) is 0 Å². The van der Waals surface area contributed by atoms with Crippen LogP contribution < -0.4 is 0 Å². The van der Waals surface area contributed by atoms with Gasteiger partial charge in [-0.2, -0.15) is 0 Å². The van der Waals surface area contributed by atoms with E-state index in [4.69, 9.17) is 0 Å². The van der Waals surface area contributed by atoms with E-state index in [0.29, 0.717) is 0 Å². The maximum atomic E-state index is 2.43. The molecule has 1 heteroatoms. The lowest BCUT2D eigenvalue weighted by atomic mass is 9.57. The first kappa shape index (κ1) is 6.19. The summed E-state index contributed by atoms with van der Waals surface area (Å²) in [5, 5.41) is 0. The molecule has 0 aromatic rings. The third-order valence-corrected chi connectivity index (χ3v) is 1.94. The van der Waals surface area contributed by atoms with Crippen molar-refractivity contribution in [2.75, 3.05) is 0 Å². The molecule has 0 aromatic carbocycles. The Morgan fingerprint density at radius 3 is 1.88 bits per heavy atom. The van der Waals surface area contributed by atoms with Gasteiger partial charge in [0, 0.05) is 0 Å². The van der Waals surface area contributed by atoms with Crippen LogP contribution in [-0.4, -0.2) is 7.28 Å². The molecular weight excluding hydrogens is 94.9 g/mol. The molecule has 1 fully saturated rings. The van der Waals surface area contributed by atoms with Crippen LogP contribution in [0.3, 0.4) is 0 Å². The summed E-state index contributed by atoms with van der Waals surface area (Å²) in [5.74, 6) is 1.91. The van der Waals surface area contributed by atoms with E-state index in [1.165, 1.54) is 19.1 Å². The van der Waals surface area contributed by atoms with Crippen molar-refractivity contribution < 1.29 is 0 Å². The second kappa shape index (κ2) is 2.57. The molecule has 1 aliphatic rings. The molecule has 1 heterocycles. The highest BCUT2D eigenvalue weighted by Crippen LogP contribution is 2.24. The molecule has 0 aliphatic carbocycles. The Labute approximate surface area is 52.9 Å². The molecule has 0 amide bonds. The average Bonchev–Trinajstić information content (AvgIpc) is 1.64. The van der Waals surface area contributed by atoms with Crippen LogP contribution in [0, 0.1) is 11.8 Å². The molecule has 0 N–H and O–H groups in total. The van der Waals surface area contributed by atoms with Gasteiger partial charge in [0.05, 0.1) is 0 Å². The predicted molar refractivity (Wildman–Crippen MR) is 38.3 cm³/mol. The van der Waals surface area contributed by atoms with Crippen molar-refractivity contribution >= 4 is 7.28 Å². The Bertz CT molecular complexity index is 62.8. The van der Waals surface area contributed by atoms with E-state index < -0.39 is 0 Å². The Hall–Kier alpha value is 0.0649. The summed E-state index contributed by atoms with van der Waals surface area (Å²) < 4.78 is 0. The lowest BCUT2D eigenvalue weighted by Gasteiger charge is -2.22. The van der Waals surface area contributed by atoms with E-state index in [2.05, 4.69) is 21.1 Å². The summed E-state index contributed by atoms with van der Waals surface area (Å²) in [5.41, 5.74) is 0. The molecule has 0 bridgehead atoms. The fraction of sp³-hybridized carbons (Fsp3) is 1.00. The van der Waals surface area contributed by atoms with Crippen LogP contribution in [0.15, 0.2) is 0 Å². The van der Waals surface area contributed by atoms with Gasteiger partial charge in [0.1, 0.15) is 7.28 Å². The first-order valence-corrected chi connectivity index (χ1v) is 3.60. The van der Waals surface area contributed by atoms with Crippen LogP contribution in [-0.2, 0) is 0 Å². The molecule has 45 valence electrons. The molecule has 1 saturated heterocycles. The Kier molecular flexibility index (Phi) is 1.98. The third kappa shape index (κ3) is 1.54. The first-order valence-electron chi connectivity index (χ1n) is 3.60. The lowest BCUT2D eigenvalue weighted by molar-refractivity contribution is 0.444. The van der Waals surface area contributed by atoms with Gasteiger partial charge in [0.15, 0.2) is 0 Å². The zero-order valence-corrected chi connectivity index (χ0v) is 5.85. The van der Waals surface area contributed by atoms with Gasteiger partial charge in [-0.05, 0) is 6.42 Å². The van der Waals surface area contributed by atoms with Gasteiger partial charge in [-0.15, -0.1) is 0 Å². The molecule has 0 unspecified atom stereocenters. The summed E-state index contributed by atoms with van der Waals surface area (Å²) in [6.07, 6.45) is 4.14. The largest absolute Gasteiger partial charge is 0.110 e. The first-order chi connectivity index (χ1) is 3.79. The Morgan fingerprint density at radius 2 is 1.62 bits per heavy atom. The molecular formula is C7H14B. The van der Waals surface area contributed by atoms with Crippen molar-refractivity contribution in [1.82, 2.24) is 0 Å². The van der Waals surface area contributed by atoms with Crippen LogP contribution in [0.25, 0.3) is 0 Å². The standard InChI is InChI=1S/C7H14B/c1-6-3-7(2)5-8-4-6/h6-7H,3-5H2,1-2H3/t6-,7-/m0/s1. The van der Waals surface area contributed by atoms with Crippen molar-refractivity contribution in [2.24, 2.45) is 11.8 Å². The molecule has 0 saturated carbocycles. The van der Waals surface area contributed by atoms with E-state index >= 15 is 0 Å². The van der Waals surface area contributed by atoms with Crippen LogP contribution in [0.2, 0.25) is 12.6 Å². The lowest BCUT2D eigenvalue weighted by Crippen LogP contribution is -2.14. The fourth-order valence-corrected chi connectivity index (χ4v) is 1.54. The maximum Gasteiger partial charge on any atom is 0.110 e. The topological polar surface area (TPSA) is 0 Å². The van der Waals surface area contributed by atoms with E-state index in [1.807, 2.05) is 0 Å². The quantitative estimate of drug-likeness (QED) is 0.418. The molecule has 0 spiro atoms. The van der Waals surface area contributed by atoms with Gasteiger partial charge in [-0.1, -0.05) is 38.3 Å². The monoisotopic (exact) mass is 109 g/mol. The van der Waals surface area contributed by atoms with Gasteiger partial charge in [-0.25, -0.2) is 0 Å². The zero-order chi connectivity index (χ0) is 5.98. The summed E-state index contributed by atoms with van der Waals surface area (Å²) in [6, 6.07) is 0. The highest BCUT2D eigenvalue weighted by Gasteiger charge is 2.14. The van der Waals surface area contributed by atoms with E-state index in [0.717, 1.165) is 11.8 Å². The summed E-state index contributed by atoms with van der Waals surface area (Å²) in [6.45, 7) is 4.68. The smallest absolute Gasteiger partial charge is 0.0778 e. The van der Waals surface area contributed by atoms with Crippen molar-refractivity contribution in [3.05, 3.63) is 0 Å². The summed E-state index contributed by atoms with van der Waals surface area (Å²) in [7, 11) is 2.43. The molecule has 1 radical (unpaired) electrons. The Balaban J connectivity index is 2.23. The molecule has 1 aliphatic heterocycles. The number of hydrogen-bond donors (Lipinski definition) is 0. The van der Waals surface area contributed by atoms with Gasteiger partial charge in [-0.3, -0.25) is 0 Å². The van der Waals surface area contributed by atoms with Crippen LogP contribution in [0.1, 0.15) is 20.3 Å². The minimum atomic E-state index is 0.957. The number of hydrogen-bond acceptors (Lipinski definition) is 0. The second-order valence-electron chi connectivity index (χ2n) is 3.21. The fourth-order valence-electron chi connectivity index (χ4n) is 1.54. The highest BCUT2D eigenvalue weighted by molar-refractivity contribution is 6.35. The van der Waals surface area contributed by atoms with Crippen LogP contribution >= 0.6 is 0 Å². The molecule has 0 aromatic heterocycles. The highest BCUT2D eigenvalue weighted by atomic mass is 14.1. The van der Waals surface area contributed by atoms with Crippen molar-refractivity contribution in [2.45, 2.75) is 32.9 Å². The van der Waals surface area contributed by atoms with Gasteiger partial charge >= 0.3 is 0 Å². The maximum absolute atomic E-state index is 2.43. The van der Waals surface area contributed by atoms with Gasteiger partial charge < -0.3 is 0 Å². The minimum absolute atomic E-state index is 0.957. The summed E-state index contributed by atoms with van der Waals surface area (Å²) in [4.78, 5) is 0. The van der Waals surface area contributed by atoms with Gasteiger partial charge in [0.2, 0.25) is 0 Å². The SMILES string of the molecule is C[C@@H]1C[B]C[C@@H](C)C1. The summed E-state index contributed by atoms with van der Waals surface area (Å²) >= 11 is 0. The zero-order valence-electron chi connectivity index (χ0n) is 5.85. The average molecular weight is 109 g/mol. The van der Waals surface area contributed by atoms with E-state index in [9.17, 15) is 0 Å². The molecule has 0 nitrogen and oxygen atoms in total. The molecule has 8 heavy (non-hydrogen) atoms. The molecule has 2 atom stereocenters. The Morgan fingerprint density at radius 1 is 1.12 bits per heavy atom. The normalized spacial score (nSPS) is 38.8. The van der Waals surface area contributed by atoms with Crippen molar-refractivity contribution in [3.8, 4) is 0 Å². The van der Waals surface area contributed by atoms with Gasteiger partial charge in [0.25, 0.3) is 0 Å². The van der Waals surface area contributed by atoms with Crippen LogP contribution in [0.5, 0.6) is 0 Å². The number of rotatable bonds is 0.